The van der Waals surface area contributed by atoms with Gasteiger partial charge < -0.3 is 9.84 Å². The second-order valence-electron chi connectivity index (χ2n) is 6.04. The van der Waals surface area contributed by atoms with E-state index in [1.807, 2.05) is 11.7 Å². The Bertz CT molecular complexity index is 777. The van der Waals surface area contributed by atoms with Crippen molar-refractivity contribution in [1.29, 1.82) is 0 Å². The van der Waals surface area contributed by atoms with E-state index < -0.39 is 12.1 Å². The number of hydrogen-bond acceptors (Lipinski definition) is 6. The highest BCUT2D eigenvalue weighted by molar-refractivity contribution is 7.07. The number of aryl methyl sites for hydroxylation is 1. The fourth-order valence-electron chi connectivity index (χ4n) is 2.77. The first kappa shape index (κ1) is 22.1. The lowest BCUT2D eigenvalue weighted by molar-refractivity contribution is -0.192. The summed E-state index contributed by atoms with van der Waals surface area (Å²) in [7, 11) is 1.96. The SMILES string of the molecule is C=CCOCC1c2nnn(C)c2CCN1Cc1ccsc1.O=C(O)C(F)(F)F. The molecule has 2 aromatic heterocycles. The maximum Gasteiger partial charge on any atom is 0.490 e. The summed E-state index contributed by atoms with van der Waals surface area (Å²) in [6.07, 6.45) is -2.31. The molecule has 11 heteroatoms. The highest BCUT2D eigenvalue weighted by atomic mass is 32.1. The third-order valence-electron chi connectivity index (χ3n) is 4.08. The first-order valence-corrected chi connectivity index (χ1v) is 9.30. The van der Waals surface area contributed by atoms with Crippen molar-refractivity contribution in [3.8, 4) is 0 Å². The zero-order chi connectivity index (χ0) is 20.7. The monoisotopic (exact) mass is 418 g/mol. The minimum atomic E-state index is -5.08. The van der Waals surface area contributed by atoms with Crippen LogP contribution in [-0.4, -0.2) is 56.9 Å². The van der Waals surface area contributed by atoms with Crippen molar-refractivity contribution >= 4 is 17.3 Å². The molecule has 1 unspecified atom stereocenters. The second kappa shape index (κ2) is 9.80. The minimum Gasteiger partial charge on any atom is -0.475 e. The van der Waals surface area contributed by atoms with Gasteiger partial charge >= 0.3 is 12.1 Å². The Kier molecular flexibility index (Phi) is 7.72. The van der Waals surface area contributed by atoms with Gasteiger partial charge in [-0.05, 0) is 22.4 Å². The number of thiophene rings is 1. The van der Waals surface area contributed by atoms with Gasteiger partial charge in [-0.2, -0.15) is 24.5 Å². The van der Waals surface area contributed by atoms with Gasteiger partial charge in [0.25, 0.3) is 0 Å². The van der Waals surface area contributed by atoms with Crippen molar-refractivity contribution in [2.24, 2.45) is 7.05 Å². The fraction of sp³-hybridized carbons (Fsp3) is 0.471. The molecule has 0 fully saturated rings. The second-order valence-corrected chi connectivity index (χ2v) is 6.82. The molecule has 3 rings (SSSR count). The number of nitrogens with zero attached hydrogens (tertiary/aromatic N) is 4. The van der Waals surface area contributed by atoms with E-state index in [-0.39, 0.29) is 6.04 Å². The number of rotatable bonds is 6. The Morgan fingerprint density at radius 2 is 2.25 bits per heavy atom. The number of aromatic nitrogens is 3. The molecule has 0 saturated carbocycles. The number of hydrogen-bond donors (Lipinski definition) is 1. The average molecular weight is 418 g/mol. The van der Waals surface area contributed by atoms with Crippen LogP contribution in [0.5, 0.6) is 0 Å². The van der Waals surface area contributed by atoms with Gasteiger partial charge in [0.15, 0.2) is 0 Å². The smallest absolute Gasteiger partial charge is 0.475 e. The molecule has 154 valence electrons. The van der Waals surface area contributed by atoms with Crippen LogP contribution in [0.3, 0.4) is 0 Å². The molecule has 0 aliphatic carbocycles. The van der Waals surface area contributed by atoms with Crippen molar-refractivity contribution in [2.75, 3.05) is 19.8 Å². The topological polar surface area (TPSA) is 80.5 Å². The minimum absolute atomic E-state index is 0.169. The Morgan fingerprint density at radius 3 is 2.82 bits per heavy atom. The number of carboxylic acids is 1. The number of alkyl halides is 3. The van der Waals surface area contributed by atoms with Crippen LogP contribution < -0.4 is 0 Å². The predicted octanol–water partition coefficient (Wildman–Crippen LogP) is 2.81. The van der Waals surface area contributed by atoms with Gasteiger partial charge in [-0.15, -0.1) is 11.7 Å². The molecule has 0 saturated heterocycles. The molecule has 0 radical (unpaired) electrons. The summed E-state index contributed by atoms with van der Waals surface area (Å²) in [6, 6.07) is 2.35. The van der Waals surface area contributed by atoms with Gasteiger partial charge in [-0.3, -0.25) is 9.58 Å². The summed E-state index contributed by atoms with van der Waals surface area (Å²) < 4.78 is 39.3. The van der Waals surface area contributed by atoms with Crippen molar-refractivity contribution in [2.45, 2.75) is 25.2 Å². The molecule has 2 aromatic rings. The van der Waals surface area contributed by atoms with Crippen LogP contribution in [0.1, 0.15) is 23.0 Å². The van der Waals surface area contributed by atoms with Crippen LogP contribution in [0.4, 0.5) is 13.2 Å². The van der Waals surface area contributed by atoms with E-state index in [1.54, 1.807) is 17.4 Å². The van der Waals surface area contributed by atoms with Crippen molar-refractivity contribution in [3.05, 3.63) is 46.4 Å². The summed E-state index contributed by atoms with van der Waals surface area (Å²) in [4.78, 5) is 11.3. The van der Waals surface area contributed by atoms with E-state index in [0.717, 1.165) is 25.2 Å². The fourth-order valence-corrected chi connectivity index (χ4v) is 3.43. The van der Waals surface area contributed by atoms with Gasteiger partial charge in [-0.1, -0.05) is 11.3 Å². The van der Waals surface area contributed by atoms with Gasteiger partial charge in [0.2, 0.25) is 0 Å². The normalized spacial score (nSPS) is 16.8. The van der Waals surface area contributed by atoms with Gasteiger partial charge in [-0.25, -0.2) is 4.79 Å². The Balaban J connectivity index is 0.000000345. The maximum absolute atomic E-state index is 10.6. The molecule has 1 N–H and O–H groups in total. The molecule has 0 spiro atoms. The van der Waals surface area contributed by atoms with Crippen LogP contribution in [0, 0.1) is 0 Å². The molecule has 0 aromatic carbocycles. The van der Waals surface area contributed by atoms with E-state index in [2.05, 4.69) is 38.6 Å². The molecule has 1 aliphatic heterocycles. The molecular weight excluding hydrogens is 397 g/mol. The standard InChI is InChI=1S/C15H20N4OS.C2HF3O2/c1-3-7-20-10-14-15-13(18(2)17-16-15)4-6-19(14)9-12-5-8-21-11-12;3-2(4,5)1(6)7/h3,5,8,11,14H,1,4,6-7,9-10H2,2H3;(H,6,7). The van der Waals surface area contributed by atoms with E-state index in [4.69, 9.17) is 14.6 Å². The summed E-state index contributed by atoms with van der Waals surface area (Å²) in [5.74, 6) is -2.76. The number of carboxylic acid groups (broad SMARTS) is 1. The predicted molar refractivity (Wildman–Crippen MR) is 96.9 cm³/mol. The first-order valence-electron chi connectivity index (χ1n) is 8.36. The highest BCUT2D eigenvalue weighted by Gasteiger charge is 2.38. The highest BCUT2D eigenvalue weighted by Crippen LogP contribution is 2.29. The van der Waals surface area contributed by atoms with Crippen molar-refractivity contribution in [1.82, 2.24) is 19.9 Å². The average Bonchev–Trinajstić information content (AvgIpc) is 3.26. The summed E-state index contributed by atoms with van der Waals surface area (Å²) in [5.41, 5.74) is 3.63. The lowest BCUT2D eigenvalue weighted by Gasteiger charge is -2.34. The third-order valence-corrected chi connectivity index (χ3v) is 4.82. The number of carbonyl (C=O) groups is 1. The third kappa shape index (κ3) is 5.88. The van der Waals surface area contributed by atoms with Gasteiger partial charge in [0, 0.05) is 26.6 Å². The van der Waals surface area contributed by atoms with Crippen molar-refractivity contribution < 1.29 is 27.8 Å². The molecule has 28 heavy (non-hydrogen) atoms. The molecule has 0 amide bonds. The first-order chi connectivity index (χ1) is 13.2. The Morgan fingerprint density at radius 1 is 1.54 bits per heavy atom. The van der Waals surface area contributed by atoms with E-state index in [1.165, 1.54) is 11.3 Å². The van der Waals surface area contributed by atoms with E-state index in [0.29, 0.717) is 13.2 Å². The molecule has 0 bridgehead atoms. The molecular formula is C17H21F3N4O3S. The molecule has 1 atom stereocenters. The molecule has 3 heterocycles. The number of aliphatic carboxylic acids is 1. The maximum atomic E-state index is 10.6. The zero-order valence-electron chi connectivity index (χ0n) is 15.2. The van der Waals surface area contributed by atoms with E-state index >= 15 is 0 Å². The Hall–Kier alpha value is -2.24. The van der Waals surface area contributed by atoms with Crippen LogP contribution >= 0.6 is 11.3 Å². The van der Waals surface area contributed by atoms with Crippen LogP contribution in [0.2, 0.25) is 0 Å². The Labute approximate surface area is 164 Å². The number of ether oxygens (including phenoxy) is 1. The molecule has 1 aliphatic rings. The van der Waals surface area contributed by atoms with Crippen LogP contribution in [-0.2, 0) is 29.5 Å². The lowest BCUT2D eigenvalue weighted by atomic mass is 10.0. The van der Waals surface area contributed by atoms with Crippen molar-refractivity contribution in [3.63, 3.8) is 0 Å². The summed E-state index contributed by atoms with van der Waals surface area (Å²) in [5, 5.41) is 20.0. The lowest BCUT2D eigenvalue weighted by Crippen LogP contribution is -2.38. The summed E-state index contributed by atoms with van der Waals surface area (Å²) >= 11 is 1.74. The molecule has 7 nitrogen and oxygen atoms in total. The van der Waals surface area contributed by atoms with Crippen LogP contribution in [0.15, 0.2) is 29.5 Å². The van der Waals surface area contributed by atoms with Gasteiger partial charge in [0.05, 0.1) is 24.9 Å². The van der Waals surface area contributed by atoms with Crippen LogP contribution in [0.25, 0.3) is 0 Å². The van der Waals surface area contributed by atoms with Gasteiger partial charge in [0.1, 0.15) is 5.69 Å². The largest absolute Gasteiger partial charge is 0.490 e. The zero-order valence-corrected chi connectivity index (χ0v) is 16.0. The summed E-state index contributed by atoms with van der Waals surface area (Å²) in [6.45, 7) is 6.84. The van der Waals surface area contributed by atoms with E-state index in [9.17, 15) is 13.2 Å². The number of fused-ring (bicyclic) bond motifs is 1. The number of halogens is 3. The quantitative estimate of drug-likeness (QED) is 0.574.